The second-order valence-electron chi connectivity index (χ2n) is 8.87. The zero-order chi connectivity index (χ0) is 23.6. The van der Waals surface area contributed by atoms with E-state index in [4.69, 9.17) is 9.47 Å². The molecule has 0 spiro atoms. The number of methoxy groups -OCH3 is 1. The highest BCUT2D eigenvalue weighted by Gasteiger charge is 2.35. The summed E-state index contributed by atoms with van der Waals surface area (Å²) in [5.41, 5.74) is 2.20. The van der Waals surface area contributed by atoms with Gasteiger partial charge in [-0.05, 0) is 57.9 Å². The molecule has 1 rings (SSSR count). The maximum absolute atomic E-state index is 12.2. The molecule has 1 heterocycles. The Morgan fingerprint density at radius 1 is 1.26 bits per heavy atom. The van der Waals surface area contributed by atoms with Crippen molar-refractivity contribution in [3.05, 3.63) is 47.3 Å². The molecule has 1 aliphatic rings. The van der Waals surface area contributed by atoms with E-state index in [0.29, 0.717) is 11.7 Å². The third-order valence-corrected chi connectivity index (χ3v) is 5.55. The first-order valence-electron chi connectivity index (χ1n) is 11.4. The minimum atomic E-state index is -0.206. The maximum atomic E-state index is 12.2. The summed E-state index contributed by atoms with van der Waals surface area (Å²) in [7, 11) is 1.51. The van der Waals surface area contributed by atoms with Crippen LogP contribution in [0.3, 0.4) is 0 Å². The van der Waals surface area contributed by atoms with Crippen molar-refractivity contribution in [1.82, 2.24) is 5.32 Å². The second kappa shape index (κ2) is 13.2. The van der Waals surface area contributed by atoms with Gasteiger partial charge in [-0.2, -0.15) is 0 Å². The summed E-state index contributed by atoms with van der Waals surface area (Å²) in [6.45, 7) is 14.2. The van der Waals surface area contributed by atoms with Crippen LogP contribution in [-0.4, -0.2) is 31.1 Å². The Morgan fingerprint density at radius 3 is 2.55 bits per heavy atom. The van der Waals surface area contributed by atoms with Crippen molar-refractivity contribution in [2.45, 2.75) is 79.9 Å². The summed E-state index contributed by atoms with van der Waals surface area (Å²) in [5, 5.41) is 2.93. The number of carbonyl (C=O) groups is 2. The van der Waals surface area contributed by atoms with E-state index in [2.05, 4.69) is 44.3 Å². The average Bonchev–Trinajstić information content (AvgIpc) is 2.68. The van der Waals surface area contributed by atoms with Crippen LogP contribution in [-0.2, 0) is 19.1 Å². The van der Waals surface area contributed by atoms with Gasteiger partial charge in [-0.3, -0.25) is 9.59 Å². The third kappa shape index (κ3) is 9.16. The first-order chi connectivity index (χ1) is 14.6. The molecule has 5 atom stereocenters. The molecule has 0 bridgehead atoms. The van der Waals surface area contributed by atoms with Gasteiger partial charge in [-0.25, -0.2) is 0 Å². The summed E-state index contributed by atoms with van der Waals surface area (Å²) in [6.07, 6.45) is 12.6. The standard InChI is InChI=1S/C26H41NO4/c1-9-11-23(30-8)25(28)27-22(7)15-18(3)14-17(2)12-10-13-19(4)24-20(5)16-21(6)26(29)31-24/h10-12,14-15,19-22,24H,9,13,16H2,1-8H3,(H,27,28). The van der Waals surface area contributed by atoms with Crippen molar-refractivity contribution >= 4 is 11.9 Å². The van der Waals surface area contributed by atoms with Crippen molar-refractivity contribution in [2.75, 3.05) is 7.11 Å². The van der Waals surface area contributed by atoms with Crippen molar-refractivity contribution < 1.29 is 19.1 Å². The number of cyclic esters (lactones) is 1. The van der Waals surface area contributed by atoms with Crippen LogP contribution in [0.2, 0.25) is 0 Å². The SMILES string of the molecule is CCC=C(OC)C(=O)NC(C)C=C(C)C=C(C)C=CCC(C)C1OC(=O)C(C)CC1C. The Kier molecular flexibility index (Phi) is 11.4. The molecule has 0 saturated carbocycles. The summed E-state index contributed by atoms with van der Waals surface area (Å²) >= 11 is 0. The smallest absolute Gasteiger partial charge is 0.308 e. The van der Waals surface area contributed by atoms with E-state index in [9.17, 15) is 9.59 Å². The largest absolute Gasteiger partial charge is 0.491 e. The summed E-state index contributed by atoms with van der Waals surface area (Å²) < 4.78 is 10.8. The Hall–Kier alpha value is -2.30. The van der Waals surface area contributed by atoms with E-state index in [1.54, 1.807) is 6.08 Å². The lowest BCUT2D eigenvalue weighted by Gasteiger charge is -2.35. The monoisotopic (exact) mass is 431 g/mol. The predicted molar refractivity (Wildman–Crippen MR) is 126 cm³/mol. The fraction of sp³-hybridized carbons (Fsp3) is 0.615. The number of hydrogen-bond acceptors (Lipinski definition) is 4. The number of rotatable bonds is 10. The number of esters is 1. The first kappa shape index (κ1) is 26.7. The van der Waals surface area contributed by atoms with Crippen LogP contribution >= 0.6 is 0 Å². The topological polar surface area (TPSA) is 64.6 Å². The molecule has 1 N–H and O–H groups in total. The van der Waals surface area contributed by atoms with Crippen LogP contribution in [0.5, 0.6) is 0 Å². The number of hydrogen-bond donors (Lipinski definition) is 1. The lowest BCUT2D eigenvalue weighted by Crippen LogP contribution is -2.39. The Balaban J connectivity index is 2.61. The highest BCUT2D eigenvalue weighted by Crippen LogP contribution is 2.31. The minimum Gasteiger partial charge on any atom is -0.491 e. The van der Waals surface area contributed by atoms with Gasteiger partial charge in [0.1, 0.15) is 6.10 Å². The molecule has 1 aliphatic heterocycles. The molecule has 31 heavy (non-hydrogen) atoms. The van der Waals surface area contributed by atoms with Gasteiger partial charge < -0.3 is 14.8 Å². The van der Waals surface area contributed by atoms with Gasteiger partial charge >= 0.3 is 5.97 Å². The van der Waals surface area contributed by atoms with Gasteiger partial charge in [-0.15, -0.1) is 0 Å². The quantitative estimate of drug-likeness (QED) is 0.215. The minimum absolute atomic E-state index is 0.00450. The van der Waals surface area contributed by atoms with Gasteiger partial charge in [0.2, 0.25) is 0 Å². The van der Waals surface area contributed by atoms with Crippen molar-refractivity contribution in [3.63, 3.8) is 0 Å². The van der Waals surface area contributed by atoms with Crippen LogP contribution in [0, 0.1) is 17.8 Å². The molecule has 0 aromatic rings. The molecule has 5 unspecified atom stereocenters. The van der Waals surface area contributed by atoms with E-state index in [-0.39, 0.29) is 35.9 Å². The lowest BCUT2D eigenvalue weighted by molar-refractivity contribution is -0.168. The molecule has 0 aromatic heterocycles. The molecule has 5 heteroatoms. The van der Waals surface area contributed by atoms with E-state index in [1.165, 1.54) is 7.11 Å². The van der Waals surface area contributed by atoms with Gasteiger partial charge in [-0.1, -0.05) is 63.1 Å². The van der Waals surface area contributed by atoms with E-state index < -0.39 is 0 Å². The van der Waals surface area contributed by atoms with Gasteiger partial charge in [0.05, 0.1) is 13.0 Å². The van der Waals surface area contributed by atoms with Crippen LogP contribution in [0.15, 0.2) is 47.3 Å². The first-order valence-corrected chi connectivity index (χ1v) is 11.4. The summed E-state index contributed by atoms with van der Waals surface area (Å²) in [4.78, 5) is 24.1. The number of carbonyl (C=O) groups excluding carboxylic acids is 2. The second-order valence-corrected chi connectivity index (χ2v) is 8.87. The van der Waals surface area contributed by atoms with Gasteiger partial charge in [0.15, 0.2) is 5.76 Å². The van der Waals surface area contributed by atoms with E-state index >= 15 is 0 Å². The zero-order valence-corrected chi connectivity index (χ0v) is 20.5. The number of ether oxygens (including phenoxy) is 2. The zero-order valence-electron chi connectivity index (χ0n) is 20.5. The van der Waals surface area contributed by atoms with Crippen LogP contribution in [0.4, 0.5) is 0 Å². The fourth-order valence-corrected chi connectivity index (χ4v) is 4.06. The van der Waals surface area contributed by atoms with Crippen molar-refractivity contribution in [3.8, 4) is 0 Å². The Labute approximate surface area is 188 Å². The molecule has 0 radical (unpaired) electrons. The van der Waals surface area contributed by atoms with Crippen molar-refractivity contribution in [2.24, 2.45) is 17.8 Å². The van der Waals surface area contributed by atoms with E-state index in [1.807, 2.05) is 33.8 Å². The van der Waals surface area contributed by atoms with Crippen LogP contribution < -0.4 is 5.32 Å². The molecule has 0 aromatic carbocycles. The molecule has 174 valence electrons. The van der Waals surface area contributed by atoms with Gasteiger partial charge in [0, 0.05) is 6.04 Å². The highest BCUT2D eigenvalue weighted by molar-refractivity contribution is 5.91. The number of nitrogens with one attached hydrogen (secondary N) is 1. The number of amides is 1. The summed E-state index contributed by atoms with van der Waals surface area (Å²) in [5.74, 6) is 0.748. The number of allylic oxidation sites excluding steroid dienone is 6. The predicted octanol–water partition coefficient (Wildman–Crippen LogP) is 5.49. The molecule has 1 fully saturated rings. The summed E-state index contributed by atoms with van der Waals surface area (Å²) in [6, 6.07) is -0.110. The van der Waals surface area contributed by atoms with E-state index in [0.717, 1.165) is 30.4 Å². The van der Waals surface area contributed by atoms with Crippen LogP contribution in [0.25, 0.3) is 0 Å². The van der Waals surface area contributed by atoms with Crippen LogP contribution in [0.1, 0.15) is 67.7 Å². The normalized spacial score (nSPS) is 25.2. The fourth-order valence-electron chi connectivity index (χ4n) is 4.06. The molecular formula is C26H41NO4. The molecule has 0 aliphatic carbocycles. The molecular weight excluding hydrogens is 390 g/mol. The average molecular weight is 432 g/mol. The van der Waals surface area contributed by atoms with Crippen molar-refractivity contribution in [1.29, 1.82) is 0 Å². The molecule has 5 nitrogen and oxygen atoms in total. The third-order valence-electron chi connectivity index (χ3n) is 5.55. The Bertz CT molecular complexity index is 732. The lowest BCUT2D eigenvalue weighted by atomic mass is 9.83. The molecule has 1 saturated heterocycles. The Morgan fingerprint density at radius 2 is 1.94 bits per heavy atom. The maximum Gasteiger partial charge on any atom is 0.308 e. The van der Waals surface area contributed by atoms with Gasteiger partial charge in [0.25, 0.3) is 5.91 Å². The highest BCUT2D eigenvalue weighted by atomic mass is 16.5. The molecule has 1 amide bonds.